The van der Waals surface area contributed by atoms with Crippen LogP contribution in [0.1, 0.15) is 31.4 Å². The Hall–Kier alpha value is -2.28. The largest absolute Gasteiger partial charge is 0.352 e. The van der Waals surface area contributed by atoms with Crippen molar-refractivity contribution in [3.63, 3.8) is 0 Å². The Labute approximate surface area is 225 Å². The SMILES string of the molecule is CC[C@@H](C)NC(=O)[C@H](Cc1ccccc1)N(Cc1cccc(Br)c1)C(=O)CSc1ccc(Cl)cc1. The smallest absolute Gasteiger partial charge is 0.243 e. The van der Waals surface area contributed by atoms with Gasteiger partial charge in [-0.1, -0.05) is 76.9 Å². The molecule has 0 fully saturated rings. The van der Waals surface area contributed by atoms with Gasteiger partial charge in [0.2, 0.25) is 11.8 Å². The number of nitrogens with zero attached hydrogens (tertiary/aromatic N) is 1. The topological polar surface area (TPSA) is 49.4 Å². The van der Waals surface area contributed by atoms with Gasteiger partial charge in [-0.05, 0) is 60.9 Å². The molecule has 7 heteroatoms. The van der Waals surface area contributed by atoms with Crippen molar-refractivity contribution in [2.45, 2.75) is 50.2 Å². The molecule has 0 aliphatic rings. The van der Waals surface area contributed by atoms with Crippen LogP contribution in [-0.4, -0.2) is 34.6 Å². The predicted octanol–water partition coefficient (Wildman–Crippen LogP) is 6.75. The molecule has 2 amide bonds. The predicted molar refractivity (Wildman–Crippen MR) is 149 cm³/mol. The van der Waals surface area contributed by atoms with Crippen molar-refractivity contribution in [2.24, 2.45) is 0 Å². The maximum atomic E-state index is 13.7. The molecule has 1 N–H and O–H groups in total. The Bertz CT molecular complexity index is 1110. The van der Waals surface area contributed by atoms with Crippen LogP contribution in [0.25, 0.3) is 0 Å². The third kappa shape index (κ3) is 8.71. The van der Waals surface area contributed by atoms with Crippen LogP contribution in [0.5, 0.6) is 0 Å². The molecule has 0 saturated heterocycles. The van der Waals surface area contributed by atoms with E-state index in [1.807, 2.05) is 92.7 Å². The maximum Gasteiger partial charge on any atom is 0.243 e. The van der Waals surface area contributed by atoms with Crippen molar-refractivity contribution < 1.29 is 9.59 Å². The molecule has 0 radical (unpaired) electrons. The van der Waals surface area contributed by atoms with E-state index in [1.165, 1.54) is 11.8 Å². The number of carbonyl (C=O) groups excluding carboxylic acids is 2. The number of thioether (sulfide) groups is 1. The molecule has 0 bridgehead atoms. The van der Waals surface area contributed by atoms with Gasteiger partial charge in [0.1, 0.15) is 6.04 Å². The molecule has 0 spiro atoms. The number of rotatable bonds is 11. The lowest BCUT2D eigenvalue weighted by molar-refractivity contribution is -0.139. The lowest BCUT2D eigenvalue weighted by Gasteiger charge is -2.32. The average molecular weight is 574 g/mol. The number of benzene rings is 3. The second-order valence-corrected chi connectivity index (χ2v) is 10.8. The highest BCUT2D eigenvalue weighted by molar-refractivity contribution is 9.10. The molecule has 0 unspecified atom stereocenters. The number of nitrogens with one attached hydrogen (secondary N) is 1. The van der Waals surface area contributed by atoms with Gasteiger partial charge in [0.25, 0.3) is 0 Å². The summed E-state index contributed by atoms with van der Waals surface area (Å²) in [5.74, 6) is -0.00874. The summed E-state index contributed by atoms with van der Waals surface area (Å²) in [4.78, 5) is 29.8. The van der Waals surface area contributed by atoms with Crippen molar-refractivity contribution in [3.8, 4) is 0 Å². The fourth-order valence-electron chi connectivity index (χ4n) is 3.59. The van der Waals surface area contributed by atoms with Gasteiger partial charge < -0.3 is 10.2 Å². The van der Waals surface area contributed by atoms with Gasteiger partial charge in [0, 0.05) is 33.4 Å². The van der Waals surface area contributed by atoms with E-state index in [4.69, 9.17) is 11.6 Å². The second-order valence-electron chi connectivity index (χ2n) is 8.42. The zero-order chi connectivity index (χ0) is 25.2. The molecule has 0 aliphatic heterocycles. The Kier molecular flexibility index (Phi) is 10.7. The highest BCUT2D eigenvalue weighted by Gasteiger charge is 2.31. The van der Waals surface area contributed by atoms with Crippen LogP contribution >= 0.6 is 39.3 Å². The third-order valence-electron chi connectivity index (χ3n) is 5.69. The number of halogens is 2. The van der Waals surface area contributed by atoms with Gasteiger partial charge in [-0.3, -0.25) is 9.59 Å². The Morgan fingerprint density at radius 3 is 2.34 bits per heavy atom. The number of hydrogen-bond donors (Lipinski definition) is 1. The highest BCUT2D eigenvalue weighted by atomic mass is 79.9. The summed E-state index contributed by atoms with van der Waals surface area (Å²) >= 11 is 11.0. The average Bonchev–Trinajstić information content (AvgIpc) is 2.86. The molecular weight excluding hydrogens is 544 g/mol. The van der Waals surface area contributed by atoms with E-state index in [0.29, 0.717) is 18.0 Å². The molecule has 3 aromatic carbocycles. The molecule has 3 aromatic rings. The number of carbonyl (C=O) groups is 2. The maximum absolute atomic E-state index is 13.7. The lowest BCUT2D eigenvalue weighted by Crippen LogP contribution is -2.52. The van der Waals surface area contributed by atoms with Gasteiger partial charge in [-0.2, -0.15) is 0 Å². The first-order valence-electron chi connectivity index (χ1n) is 11.6. The van der Waals surface area contributed by atoms with Gasteiger partial charge in [0.05, 0.1) is 5.75 Å². The molecule has 0 aliphatic carbocycles. The van der Waals surface area contributed by atoms with Crippen molar-refractivity contribution in [1.82, 2.24) is 10.2 Å². The standard InChI is InChI=1S/C28H30BrClN2O2S/c1-3-20(2)31-28(34)26(17-21-8-5-4-6-9-21)32(18-22-10-7-11-23(29)16-22)27(33)19-35-25-14-12-24(30)13-15-25/h4-16,20,26H,3,17-19H2,1-2H3,(H,31,34)/t20-,26+/m1/s1. The van der Waals surface area contributed by atoms with Gasteiger partial charge in [-0.25, -0.2) is 0 Å². The Balaban J connectivity index is 1.90. The summed E-state index contributed by atoms with van der Waals surface area (Å²) in [6, 6.07) is 24.5. The van der Waals surface area contributed by atoms with Crippen LogP contribution in [0.3, 0.4) is 0 Å². The fourth-order valence-corrected chi connectivity index (χ4v) is 4.94. The zero-order valence-corrected chi connectivity index (χ0v) is 23.1. The van der Waals surface area contributed by atoms with E-state index in [-0.39, 0.29) is 23.6 Å². The van der Waals surface area contributed by atoms with Crippen molar-refractivity contribution in [1.29, 1.82) is 0 Å². The normalized spacial score (nSPS) is 12.6. The van der Waals surface area contributed by atoms with Crippen molar-refractivity contribution in [3.05, 3.63) is 99.5 Å². The Morgan fingerprint density at radius 1 is 1.00 bits per heavy atom. The lowest BCUT2D eigenvalue weighted by atomic mass is 10.0. The van der Waals surface area contributed by atoms with E-state index in [1.54, 1.807) is 4.90 Å². The molecule has 0 heterocycles. The van der Waals surface area contributed by atoms with Crippen LogP contribution in [0.2, 0.25) is 5.02 Å². The van der Waals surface area contributed by atoms with Crippen LogP contribution < -0.4 is 5.32 Å². The van der Waals surface area contributed by atoms with E-state index >= 15 is 0 Å². The summed E-state index contributed by atoms with van der Waals surface area (Å²) in [7, 11) is 0. The summed E-state index contributed by atoms with van der Waals surface area (Å²) in [6.45, 7) is 4.35. The second kappa shape index (κ2) is 13.7. The molecule has 0 aromatic heterocycles. The van der Waals surface area contributed by atoms with Gasteiger partial charge >= 0.3 is 0 Å². The van der Waals surface area contributed by atoms with Crippen LogP contribution in [0.15, 0.2) is 88.2 Å². The molecule has 2 atom stereocenters. The van der Waals surface area contributed by atoms with Crippen LogP contribution in [0.4, 0.5) is 0 Å². The molecular formula is C28H30BrClN2O2S. The Morgan fingerprint density at radius 2 is 1.69 bits per heavy atom. The minimum Gasteiger partial charge on any atom is -0.352 e. The summed E-state index contributed by atoms with van der Waals surface area (Å²) in [6.07, 6.45) is 1.25. The number of hydrogen-bond acceptors (Lipinski definition) is 3. The van der Waals surface area contributed by atoms with E-state index < -0.39 is 6.04 Å². The fraction of sp³-hybridized carbons (Fsp3) is 0.286. The summed E-state index contributed by atoms with van der Waals surface area (Å²) < 4.78 is 0.932. The van der Waals surface area contributed by atoms with E-state index in [9.17, 15) is 9.59 Å². The highest BCUT2D eigenvalue weighted by Crippen LogP contribution is 2.23. The van der Waals surface area contributed by atoms with Gasteiger partial charge in [0.15, 0.2) is 0 Å². The first kappa shape index (κ1) is 27.3. The van der Waals surface area contributed by atoms with Crippen molar-refractivity contribution in [2.75, 3.05) is 5.75 Å². The molecule has 35 heavy (non-hydrogen) atoms. The van der Waals surface area contributed by atoms with E-state index in [0.717, 1.165) is 26.9 Å². The zero-order valence-electron chi connectivity index (χ0n) is 19.9. The first-order chi connectivity index (χ1) is 16.9. The molecule has 184 valence electrons. The minimum atomic E-state index is -0.635. The third-order valence-corrected chi connectivity index (χ3v) is 7.43. The molecule has 4 nitrogen and oxygen atoms in total. The molecule has 3 rings (SSSR count). The minimum absolute atomic E-state index is 0.0204. The summed E-state index contributed by atoms with van der Waals surface area (Å²) in [5.41, 5.74) is 1.97. The van der Waals surface area contributed by atoms with Crippen molar-refractivity contribution >= 4 is 51.1 Å². The summed E-state index contributed by atoms with van der Waals surface area (Å²) in [5, 5.41) is 3.75. The van der Waals surface area contributed by atoms with Crippen LogP contribution in [0, 0.1) is 0 Å². The van der Waals surface area contributed by atoms with Crippen LogP contribution in [-0.2, 0) is 22.6 Å². The first-order valence-corrected chi connectivity index (χ1v) is 13.8. The molecule has 0 saturated carbocycles. The monoisotopic (exact) mass is 572 g/mol. The number of amides is 2. The quantitative estimate of drug-likeness (QED) is 0.258. The van der Waals surface area contributed by atoms with Gasteiger partial charge in [-0.15, -0.1) is 11.8 Å². The van der Waals surface area contributed by atoms with E-state index in [2.05, 4.69) is 21.2 Å².